The van der Waals surface area contributed by atoms with Gasteiger partial charge in [0.05, 0.1) is 0 Å². The highest BCUT2D eigenvalue weighted by Gasteiger charge is 2.51. The van der Waals surface area contributed by atoms with Crippen LogP contribution in [0.2, 0.25) is 0 Å². The lowest BCUT2D eigenvalue weighted by Gasteiger charge is -2.58. The standard InChI is InChI=1S/C15H16F3NO2S/c16-15(17,18)22(21)13-3-1-2-11(5-13)4-12-6-14(7-12)8-19(9-14)10-20/h1-3,5,10,12H,4,6-9H2. The molecule has 7 heteroatoms. The van der Waals surface area contributed by atoms with Gasteiger partial charge >= 0.3 is 5.51 Å². The zero-order valence-corrected chi connectivity index (χ0v) is 12.6. The summed E-state index contributed by atoms with van der Waals surface area (Å²) in [6.45, 7) is 1.59. The van der Waals surface area contributed by atoms with Crippen molar-refractivity contribution in [2.45, 2.75) is 29.7 Å². The van der Waals surface area contributed by atoms with Gasteiger partial charge < -0.3 is 4.90 Å². The maximum Gasteiger partial charge on any atom is 0.475 e. The number of carbonyl (C=O) groups excluding carboxylic acids is 1. The summed E-state index contributed by atoms with van der Waals surface area (Å²) in [7, 11) is -2.97. The topological polar surface area (TPSA) is 37.4 Å². The molecule has 1 saturated carbocycles. The SMILES string of the molecule is O=CN1CC2(CC(Cc3cccc(S(=O)C(F)(F)F)c3)C2)C1. The third-order valence-electron chi connectivity index (χ3n) is 4.52. The van der Waals surface area contributed by atoms with Crippen molar-refractivity contribution >= 4 is 17.2 Å². The molecule has 1 aliphatic heterocycles. The lowest BCUT2D eigenvalue weighted by Crippen LogP contribution is -2.61. The van der Waals surface area contributed by atoms with E-state index in [1.165, 1.54) is 18.2 Å². The molecule has 0 aromatic heterocycles. The van der Waals surface area contributed by atoms with Crippen LogP contribution in [0.4, 0.5) is 13.2 Å². The van der Waals surface area contributed by atoms with E-state index in [2.05, 4.69) is 0 Å². The zero-order valence-electron chi connectivity index (χ0n) is 11.8. The van der Waals surface area contributed by atoms with Crippen molar-refractivity contribution in [1.82, 2.24) is 4.90 Å². The van der Waals surface area contributed by atoms with Gasteiger partial charge in [-0.15, -0.1) is 0 Å². The molecule has 1 aliphatic carbocycles. The van der Waals surface area contributed by atoms with Crippen LogP contribution in [0.1, 0.15) is 18.4 Å². The van der Waals surface area contributed by atoms with Crippen molar-refractivity contribution in [1.29, 1.82) is 0 Å². The third-order valence-corrected chi connectivity index (χ3v) is 5.62. The predicted octanol–water partition coefficient (Wildman–Crippen LogP) is 2.72. The molecule has 1 aromatic rings. The van der Waals surface area contributed by atoms with Crippen molar-refractivity contribution in [3.8, 4) is 0 Å². The molecule has 0 bridgehead atoms. The molecule has 1 amide bonds. The van der Waals surface area contributed by atoms with Crippen molar-refractivity contribution in [2.75, 3.05) is 13.1 Å². The van der Waals surface area contributed by atoms with Crippen molar-refractivity contribution < 1.29 is 22.2 Å². The highest BCUT2D eigenvalue weighted by atomic mass is 32.2. The second kappa shape index (κ2) is 5.37. The smallest absolute Gasteiger partial charge is 0.344 e. The van der Waals surface area contributed by atoms with Crippen LogP contribution in [0.5, 0.6) is 0 Å². The van der Waals surface area contributed by atoms with E-state index in [0.29, 0.717) is 12.3 Å². The Morgan fingerprint density at radius 2 is 2.00 bits per heavy atom. The molecule has 0 radical (unpaired) electrons. The number of carbonyl (C=O) groups is 1. The summed E-state index contributed by atoms with van der Waals surface area (Å²) in [5.74, 6) is 0.434. The molecule has 2 fully saturated rings. The lowest BCUT2D eigenvalue weighted by molar-refractivity contribution is -0.141. The first kappa shape index (κ1) is 15.5. The fourth-order valence-corrected chi connectivity index (χ4v) is 4.44. The number of likely N-dealkylation sites (tertiary alicyclic amines) is 1. The molecule has 120 valence electrons. The Morgan fingerprint density at radius 3 is 2.59 bits per heavy atom. The summed E-state index contributed by atoms with van der Waals surface area (Å²) in [5.41, 5.74) is -3.68. The zero-order chi connectivity index (χ0) is 16.0. The van der Waals surface area contributed by atoms with E-state index < -0.39 is 16.3 Å². The van der Waals surface area contributed by atoms with Gasteiger partial charge in [-0.3, -0.25) is 4.79 Å². The van der Waals surface area contributed by atoms with E-state index in [1.54, 1.807) is 11.0 Å². The second-order valence-electron chi connectivity index (χ2n) is 6.35. The fraction of sp³-hybridized carbons (Fsp3) is 0.533. The van der Waals surface area contributed by atoms with Crippen LogP contribution < -0.4 is 0 Å². The van der Waals surface area contributed by atoms with E-state index in [1.807, 2.05) is 0 Å². The summed E-state index contributed by atoms with van der Waals surface area (Å²) < 4.78 is 48.9. The minimum Gasteiger partial charge on any atom is -0.344 e. The Hall–Kier alpha value is -1.37. The molecule has 22 heavy (non-hydrogen) atoms. The minimum absolute atomic E-state index is 0.185. The quantitative estimate of drug-likeness (QED) is 0.796. The van der Waals surface area contributed by atoms with Crippen LogP contribution >= 0.6 is 0 Å². The van der Waals surface area contributed by atoms with Gasteiger partial charge in [0.1, 0.15) is 0 Å². The number of halogens is 3. The normalized spacial score (nSPS) is 22.0. The lowest BCUT2D eigenvalue weighted by atomic mass is 9.56. The van der Waals surface area contributed by atoms with Crippen LogP contribution in [-0.2, 0) is 22.0 Å². The molecule has 2 aliphatic rings. The highest BCUT2D eigenvalue weighted by molar-refractivity contribution is 7.86. The van der Waals surface area contributed by atoms with Gasteiger partial charge in [0.2, 0.25) is 6.41 Å². The molecule has 0 N–H and O–H groups in total. The number of hydrogen-bond acceptors (Lipinski definition) is 2. The summed E-state index contributed by atoms with van der Waals surface area (Å²) in [4.78, 5) is 12.1. The van der Waals surface area contributed by atoms with Crippen molar-refractivity contribution in [3.63, 3.8) is 0 Å². The minimum atomic E-state index is -4.72. The van der Waals surface area contributed by atoms with E-state index in [4.69, 9.17) is 0 Å². The number of hydrogen-bond donors (Lipinski definition) is 0. The summed E-state index contributed by atoms with van der Waals surface area (Å²) in [5, 5.41) is 0. The van der Waals surface area contributed by atoms with Crippen LogP contribution in [0.15, 0.2) is 29.2 Å². The van der Waals surface area contributed by atoms with Crippen LogP contribution in [0.25, 0.3) is 0 Å². The Labute approximate surface area is 128 Å². The Kier molecular flexibility index (Phi) is 3.79. The van der Waals surface area contributed by atoms with E-state index in [0.717, 1.165) is 37.9 Å². The monoisotopic (exact) mass is 331 g/mol. The van der Waals surface area contributed by atoms with Gasteiger partial charge in [-0.05, 0) is 42.9 Å². The van der Waals surface area contributed by atoms with E-state index >= 15 is 0 Å². The van der Waals surface area contributed by atoms with Crippen molar-refractivity contribution in [2.24, 2.45) is 11.3 Å². The molecule has 1 atom stereocenters. The average Bonchev–Trinajstić information content (AvgIpc) is 2.38. The first-order chi connectivity index (χ1) is 10.3. The Bertz CT molecular complexity index is 603. The van der Waals surface area contributed by atoms with Crippen LogP contribution in [0, 0.1) is 11.3 Å². The first-order valence-electron chi connectivity index (χ1n) is 7.08. The molecular formula is C15H16F3NO2S. The predicted molar refractivity (Wildman–Crippen MR) is 75.4 cm³/mol. The largest absolute Gasteiger partial charge is 0.475 e. The van der Waals surface area contributed by atoms with Crippen LogP contribution in [-0.4, -0.2) is 34.1 Å². The molecule has 1 unspecified atom stereocenters. The number of rotatable bonds is 4. The van der Waals surface area contributed by atoms with Crippen molar-refractivity contribution in [3.05, 3.63) is 29.8 Å². The second-order valence-corrected chi connectivity index (χ2v) is 7.82. The molecule has 3 rings (SSSR count). The van der Waals surface area contributed by atoms with E-state index in [9.17, 15) is 22.2 Å². The number of benzene rings is 1. The van der Waals surface area contributed by atoms with E-state index in [-0.39, 0.29) is 10.3 Å². The molecule has 3 nitrogen and oxygen atoms in total. The summed E-state index contributed by atoms with van der Waals surface area (Å²) >= 11 is 0. The van der Waals surface area contributed by atoms with Gasteiger partial charge in [0.15, 0.2) is 10.8 Å². The average molecular weight is 331 g/mol. The Balaban J connectivity index is 1.59. The molecule has 1 aromatic carbocycles. The van der Waals surface area contributed by atoms with Gasteiger partial charge in [0, 0.05) is 23.4 Å². The third kappa shape index (κ3) is 2.91. The molecule has 1 spiro atoms. The maximum absolute atomic E-state index is 12.5. The van der Waals surface area contributed by atoms with Gasteiger partial charge in [-0.1, -0.05) is 12.1 Å². The molecule has 1 heterocycles. The van der Waals surface area contributed by atoms with Gasteiger partial charge in [0.25, 0.3) is 0 Å². The Morgan fingerprint density at radius 1 is 1.32 bits per heavy atom. The number of alkyl halides is 3. The molecule has 1 saturated heterocycles. The fourth-order valence-electron chi connectivity index (χ4n) is 3.71. The summed E-state index contributed by atoms with van der Waals surface area (Å²) in [6, 6.07) is 5.96. The molecular weight excluding hydrogens is 315 g/mol. The number of nitrogens with zero attached hydrogens (tertiary/aromatic N) is 1. The van der Waals surface area contributed by atoms with Crippen LogP contribution in [0.3, 0.4) is 0 Å². The number of amides is 1. The summed E-state index contributed by atoms with van der Waals surface area (Å²) in [6.07, 6.45) is 3.56. The van der Waals surface area contributed by atoms with Gasteiger partial charge in [-0.2, -0.15) is 13.2 Å². The van der Waals surface area contributed by atoms with Gasteiger partial charge in [-0.25, -0.2) is 4.21 Å². The maximum atomic E-state index is 12.5. The highest BCUT2D eigenvalue weighted by Crippen LogP contribution is 2.52. The first-order valence-corrected chi connectivity index (χ1v) is 8.23.